The Bertz CT molecular complexity index is 2430. The summed E-state index contributed by atoms with van der Waals surface area (Å²) in [4.78, 5) is 74.5. The maximum absolute atomic E-state index is 14.0. The summed E-state index contributed by atoms with van der Waals surface area (Å²) >= 11 is 0. The number of piperidine rings is 1. The number of benzene rings is 2. The van der Waals surface area contributed by atoms with Crippen LogP contribution in [0.2, 0.25) is 0 Å². The number of amides is 5. The van der Waals surface area contributed by atoms with E-state index in [0.29, 0.717) is 37.2 Å². The highest BCUT2D eigenvalue weighted by molar-refractivity contribution is 6.24. The van der Waals surface area contributed by atoms with Crippen LogP contribution in [0.25, 0.3) is 17.1 Å². The maximum atomic E-state index is 14.0. The van der Waals surface area contributed by atoms with Crippen molar-refractivity contribution in [1.82, 2.24) is 34.9 Å². The molecular weight excluding hydrogens is 785 g/mol. The van der Waals surface area contributed by atoms with Crippen molar-refractivity contribution in [3.8, 4) is 17.1 Å². The van der Waals surface area contributed by atoms with Gasteiger partial charge in [-0.05, 0) is 74.3 Å². The van der Waals surface area contributed by atoms with E-state index >= 15 is 0 Å². The molecule has 3 N–H and O–H groups in total. The Balaban J connectivity index is 0.944. The van der Waals surface area contributed by atoms with Crippen LogP contribution in [0.4, 0.5) is 33.5 Å². The molecule has 2 aliphatic rings. The SMILES string of the molecule is CN(CCCc1cccc2c1C(=O)N(C1CCC(=O)NC1=O)C2=O)Cc1ccc(-n2cc(NC(=O)c3coc(-c4ccnc(NCC(F)(F)F)c4)n3)c(C(F)F)n2)cc1. The van der Waals surface area contributed by atoms with Gasteiger partial charge in [-0.3, -0.25) is 34.2 Å². The Morgan fingerprint density at radius 1 is 1.07 bits per heavy atom. The average Bonchev–Trinajstić information content (AvgIpc) is 3.92. The minimum Gasteiger partial charge on any atom is -0.444 e. The number of hydrogen-bond acceptors (Lipinski definition) is 11. The number of aromatic nitrogens is 4. The van der Waals surface area contributed by atoms with Crippen molar-refractivity contribution >= 4 is 41.0 Å². The average molecular weight is 820 g/mol. The van der Waals surface area contributed by atoms with Crippen LogP contribution >= 0.6 is 0 Å². The monoisotopic (exact) mass is 819 g/mol. The summed E-state index contributed by atoms with van der Waals surface area (Å²) in [5, 5.41) is 10.7. The van der Waals surface area contributed by atoms with Crippen LogP contribution in [0.3, 0.4) is 0 Å². The van der Waals surface area contributed by atoms with E-state index in [4.69, 9.17) is 4.42 Å². The first kappa shape index (κ1) is 40.4. The number of fused-ring (bicyclic) bond motifs is 1. The van der Waals surface area contributed by atoms with Crippen molar-refractivity contribution in [3.63, 3.8) is 0 Å². The summed E-state index contributed by atoms with van der Waals surface area (Å²) in [7, 11) is 1.90. The lowest BCUT2D eigenvalue weighted by atomic mass is 9.99. The molecule has 1 saturated heterocycles. The second-order valence-electron chi connectivity index (χ2n) is 13.9. The third-order valence-corrected chi connectivity index (χ3v) is 9.61. The summed E-state index contributed by atoms with van der Waals surface area (Å²) in [5.74, 6) is -3.34. The maximum Gasteiger partial charge on any atom is 0.405 e. The number of pyridine rings is 1. The molecule has 0 radical (unpaired) electrons. The number of carbonyl (C=O) groups excluding carboxylic acids is 5. The molecule has 1 unspecified atom stereocenters. The summed E-state index contributed by atoms with van der Waals surface area (Å²) < 4.78 is 72.4. The van der Waals surface area contributed by atoms with Crippen LogP contribution in [0.1, 0.15) is 73.7 Å². The number of rotatable bonds is 14. The Morgan fingerprint density at radius 2 is 1.85 bits per heavy atom. The number of hydrogen-bond donors (Lipinski definition) is 3. The minimum atomic E-state index is -4.48. The number of aryl methyl sites for hydroxylation is 1. The van der Waals surface area contributed by atoms with E-state index in [2.05, 4.69) is 31.0 Å². The number of nitrogens with zero attached hydrogens (tertiary/aromatic N) is 6. The van der Waals surface area contributed by atoms with Crippen molar-refractivity contribution in [3.05, 3.63) is 107 Å². The number of halogens is 5. The molecule has 15 nitrogen and oxygen atoms in total. The second kappa shape index (κ2) is 16.6. The summed E-state index contributed by atoms with van der Waals surface area (Å²) in [6, 6.07) is 13.6. The number of anilines is 2. The Labute approximate surface area is 331 Å². The normalized spacial score (nSPS) is 15.6. The first-order valence-corrected chi connectivity index (χ1v) is 18.2. The van der Waals surface area contributed by atoms with Gasteiger partial charge in [0.1, 0.15) is 24.7 Å². The molecule has 20 heteroatoms. The molecule has 5 heterocycles. The molecule has 0 spiro atoms. The van der Waals surface area contributed by atoms with Gasteiger partial charge in [-0.1, -0.05) is 24.3 Å². The van der Waals surface area contributed by atoms with Crippen LogP contribution in [-0.2, 0) is 22.6 Å². The predicted octanol–water partition coefficient (Wildman–Crippen LogP) is 5.55. The van der Waals surface area contributed by atoms with E-state index in [1.165, 1.54) is 29.2 Å². The van der Waals surface area contributed by atoms with E-state index in [9.17, 15) is 45.9 Å². The van der Waals surface area contributed by atoms with Gasteiger partial charge < -0.3 is 20.0 Å². The van der Waals surface area contributed by atoms with E-state index in [0.717, 1.165) is 16.7 Å². The first-order valence-electron chi connectivity index (χ1n) is 18.2. The fourth-order valence-corrected chi connectivity index (χ4v) is 6.80. The molecule has 59 heavy (non-hydrogen) atoms. The standard InChI is InChI=1S/C39H34F5N9O6/c1-51(15-3-5-22-4-2-6-25-31(22)38(58)53(37(25)57)28-11-12-30(54)49-35(28)56)17-21-7-9-24(10-8-21)52-18-26(32(50-52)33(40)41)47-34(55)27-19-59-36(48-27)23-13-14-45-29(16-23)46-20-39(42,43)44/h2,4,6-10,13-14,16,18-19,28,33H,3,5,11-12,15,17,20H2,1H3,(H,45,46)(H,47,55)(H,49,54,56). The smallest absolute Gasteiger partial charge is 0.405 e. The van der Waals surface area contributed by atoms with E-state index < -0.39 is 60.4 Å². The van der Waals surface area contributed by atoms with Gasteiger partial charge in [0.15, 0.2) is 11.4 Å². The molecule has 0 aliphatic carbocycles. The predicted molar refractivity (Wildman–Crippen MR) is 199 cm³/mol. The third kappa shape index (κ3) is 9.01. The van der Waals surface area contributed by atoms with Crippen LogP contribution < -0.4 is 16.0 Å². The van der Waals surface area contributed by atoms with Gasteiger partial charge in [0.25, 0.3) is 24.1 Å². The van der Waals surface area contributed by atoms with Gasteiger partial charge in [0.2, 0.25) is 17.7 Å². The zero-order valence-electron chi connectivity index (χ0n) is 31.1. The number of imide groups is 2. The first-order chi connectivity index (χ1) is 28.1. The van der Waals surface area contributed by atoms with Gasteiger partial charge in [-0.2, -0.15) is 18.3 Å². The van der Waals surface area contributed by atoms with Gasteiger partial charge in [0.05, 0.1) is 28.7 Å². The van der Waals surface area contributed by atoms with Gasteiger partial charge in [-0.15, -0.1) is 0 Å². The van der Waals surface area contributed by atoms with Crippen molar-refractivity contribution in [1.29, 1.82) is 0 Å². The highest BCUT2D eigenvalue weighted by Gasteiger charge is 2.45. The highest BCUT2D eigenvalue weighted by atomic mass is 19.4. The highest BCUT2D eigenvalue weighted by Crippen LogP contribution is 2.31. The number of oxazole rings is 1. The number of nitrogens with one attached hydrogen (secondary N) is 3. The van der Waals surface area contributed by atoms with E-state index in [1.807, 2.05) is 11.9 Å². The van der Waals surface area contributed by atoms with Crippen molar-refractivity contribution in [2.75, 3.05) is 30.8 Å². The van der Waals surface area contributed by atoms with Gasteiger partial charge in [-0.25, -0.2) is 23.4 Å². The lowest BCUT2D eigenvalue weighted by molar-refractivity contribution is -0.136. The molecule has 0 saturated carbocycles. The van der Waals surface area contributed by atoms with Crippen LogP contribution in [0, 0.1) is 0 Å². The van der Waals surface area contributed by atoms with Gasteiger partial charge >= 0.3 is 6.18 Å². The number of carbonyl (C=O) groups is 5. The van der Waals surface area contributed by atoms with E-state index in [1.54, 1.807) is 42.5 Å². The molecule has 5 aromatic rings. The molecule has 2 aliphatic heterocycles. The molecule has 1 fully saturated rings. The Kier molecular flexibility index (Phi) is 11.3. The lowest BCUT2D eigenvalue weighted by Gasteiger charge is -2.27. The molecule has 2 aromatic carbocycles. The van der Waals surface area contributed by atoms with Crippen LogP contribution in [0.15, 0.2) is 77.7 Å². The molecule has 3 aromatic heterocycles. The summed E-state index contributed by atoms with van der Waals surface area (Å²) in [6.07, 6.45) is -2.88. The lowest BCUT2D eigenvalue weighted by Crippen LogP contribution is -2.54. The van der Waals surface area contributed by atoms with Crippen molar-refractivity contribution in [2.24, 2.45) is 0 Å². The largest absolute Gasteiger partial charge is 0.444 e. The Morgan fingerprint density at radius 3 is 2.58 bits per heavy atom. The zero-order valence-corrected chi connectivity index (χ0v) is 31.1. The molecule has 7 rings (SSSR count). The van der Waals surface area contributed by atoms with E-state index in [-0.39, 0.29) is 52.6 Å². The zero-order chi connectivity index (χ0) is 42.0. The minimum absolute atomic E-state index is 0.0309. The van der Waals surface area contributed by atoms with Crippen LogP contribution in [-0.4, -0.2) is 91.4 Å². The van der Waals surface area contributed by atoms with Crippen LogP contribution in [0.5, 0.6) is 0 Å². The number of alkyl halides is 5. The topological polar surface area (TPSA) is 185 Å². The van der Waals surface area contributed by atoms with Gasteiger partial charge in [0, 0.05) is 24.7 Å². The third-order valence-electron chi connectivity index (χ3n) is 9.61. The summed E-state index contributed by atoms with van der Waals surface area (Å²) in [5.41, 5.74) is 1.46. The molecule has 0 bridgehead atoms. The molecule has 5 amide bonds. The molecular formula is C39H34F5N9O6. The van der Waals surface area contributed by atoms with Crippen molar-refractivity contribution in [2.45, 2.75) is 50.9 Å². The molecule has 306 valence electrons. The fourth-order valence-electron chi connectivity index (χ4n) is 6.80. The Hall–Kier alpha value is -6.83. The van der Waals surface area contributed by atoms with Crippen molar-refractivity contribution < 1.29 is 50.3 Å². The molecule has 1 atom stereocenters. The second-order valence-corrected chi connectivity index (χ2v) is 13.9. The summed E-state index contributed by atoms with van der Waals surface area (Å²) in [6.45, 7) is -0.195. The quantitative estimate of drug-likeness (QED) is 0.0943. The fraction of sp³-hybridized carbons (Fsp3) is 0.282.